The fourth-order valence-electron chi connectivity index (χ4n) is 5.54. The minimum Gasteiger partial charge on any atom is -0.481 e. The van der Waals surface area contributed by atoms with E-state index in [1.165, 1.54) is 173 Å². The van der Waals surface area contributed by atoms with Crippen LogP contribution in [0.2, 0.25) is 0 Å². The first-order valence-corrected chi connectivity index (χ1v) is 20.3. The highest BCUT2D eigenvalue weighted by atomic mass is 16.4. The third kappa shape index (κ3) is 59.3. The maximum absolute atomic E-state index is 10.3. The molecule has 0 saturated heterocycles. The molecule has 0 aromatic rings. The van der Waals surface area contributed by atoms with Gasteiger partial charge in [0.1, 0.15) is 0 Å². The molecule has 284 valence electrons. The van der Waals surface area contributed by atoms with Gasteiger partial charge >= 0.3 is 17.9 Å². The van der Waals surface area contributed by atoms with E-state index >= 15 is 0 Å². The first-order valence-electron chi connectivity index (χ1n) is 20.3. The molecule has 0 aliphatic rings. The summed E-state index contributed by atoms with van der Waals surface area (Å²) in [5, 5.41) is 25.1. The maximum Gasteiger partial charge on any atom is 0.328 e. The Bertz CT molecular complexity index is 671. The van der Waals surface area contributed by atoms with Crippen molar-refractivity contribution in [3.63, 3.8) is 0 Å². The van der Waals surface area contributed by atoms with Gasteiger partial charge < -0.3 is 15.3 Å². The van der Waals surface area contributed by atoms with Gasteiger partial charge in [0.2, 0.25) is 0 Å². The Kier molecular flexibility index (Phi) is 49.2. The van der Waals surface area contributed by atoms with E-state index in [4.69, 9.17) is 15.3 Å². The molecule has 0 aromatic heterocycles. The highest BCUT2D eigenvalue weighted by molar-refractivity contribution is 5.80. The standard InChI is InChI=1S/2C18H36O2.C6H8O2/c2*1-2-3-4-5-6-7-8-9-10-11-12-13-14-15-16-17-18(19)20;1-2-3-4-5-6(7)8/h2*2-17H2,1H3,(H,19,20);2-5H,1H3,(H,7,8)/b;;3-2+,5-4+. The van der Waals surface area contributed by atoms with Crippen molar-refractivity contribution in [1.82, 2.24) is 0 Å². The number of carboxylic acids is 3. The Hall–Kier alpha value is -2.11. The average molecular weight is 681 g/mol. The van der Waals surface area contributed by atoms with E-state index < -0.39 is 17.9 Å². The third-order valence-electron chi connectivity index (χ3n) is 8.53. The zero-order chi connectivity index (χ0) is 36.2. The Labute approximate surface area is 297 Å². The van der Waals surface area contributed by atoms with Crippen LogP contribution in [-0.4, -0.2) is 33.2 Å². The van der Waals surface area contributed by atoms with E-state index in [0.29, 0.717) is 12.8 Å². The number of aliphatic carboxylic acids is 3. The zero-order valence-corrected chi connectivity index (χ0v) is 32.0. The SMILES string of the molecule is C/C=C/C=C/C(=O)O.CCCCCCCCCCCCCCCCCC(=O)O.CCCCCCCCCCCCCCCCCC(=O)O. The molecule has 0 saturated carbocycles. The Balaban J connectivity index is -0.000000689. The highest BCUT2D eigenvalue weighted by Crippen LogP contribution is 2.15. The quantitative estimate of drug-likeness (QED) is 0.0354. The largest absolute Gasteiger partial charge is 0.481 e. The molecule has 0 aliphatic carbocycles. The molecule has 0 aliphatic heterocycles. The summed E-state index contributed by atoms with van der Waals surface area (Å²) < 4.78 is 0. The molecule has 0 radical (unpaired) electrons. The smallest absolute Gasteiger partial charge is 0.328 e. The van der Waals surface area contributed by atoms with Crippen molar-refractivity contribution in [3.8, 4) is 0 Å². The van der Waals surface area contributed by atoms with Crippen molar-refractivity contribution < 1.29 is 29.7 Å². The van der Waals surface area contributed by atoms with E-state index in [1.54, 1.807) is 12.2 Å². The maximum atomic E-state index is 10.3. The van der Waals surface area contributed by atoms with Gasteiger partial charge in [-0.05, 0) is 19.8 Å². The number of unbranched alkanes of at least 4 members (excludes halogenated alkanes) is 28. The van der Waals surface area contributed by atoms with Crippen LogP contribution in [0.25, 0.3) is 0 Å². The lowest BCUT2D eigenvalue weighted by atomic mass is 10.0. The van der Waals surface area contributed by atoms with Crippen LogP contribution in [0.15, 0.2) is 24.3 Å². The summed E-state index contributed by atoms with van der Waals surface area (Å²) in [4.78, 5) is 30.4. The molecule has 6 nitrogen and oxygen atoms in total. The third-order valence-corrected chi connectivity index (χ3v) is 8.53. The molecule has 0 fully saturated rings. The van der Waals surface area contributed by atoms with Crippen LogP contribution < -0.4 is 0 Å². The van der Waals surface area contributed by atoms with Crippen LogP contribution in [0, 0.1) is 0 Å². The second-order valence-electron chi connectivity index (χ2n) is 13.4. The Morgan fingerprint density at radius 2 is 0.604 bits per heavy atom. The molecule has 3 N–H and O–H groups in total. The van der Waals surface area contributed by atoms with Gasteiger partial charge in [-0.25, -0.2) is 4.79 Å². The summed E-state index contributed by atoms with van der Waals surface area (Å²) in [6, 6.07) is 0. The van der Waals surface area contributed by atoms with Gasteiger partial charge in [-0.15, -0.1) is 0 Å². The molecule has 0 aromatic carbocycles. The van der Waals surface area contributed by atoms with Gasteiger partial charge in [0.05, 0.1) is 0 Å². The van der Waals surface area contributed by atoms with Gasteiger partial charge in [0, 0.05) is 18.9 Å². The molecule has 48 heavy (non-hydrogen) atoms. The minimum atomic E-state index is -0.914. The number of allylic oxidation sites excluding steroid dienone is 3. The average Bonchev–Trinajstić information content (AvgIpc) is 3.05. The molecular weight excluding hydrogens is 600 g/mol. The highest BCUT2D eigenvalue weighted by Gasteiger charge is 1.98. The summed E-state index contributed by atoms with van der Waals surface area (Å²) in [5.74, 6) is -2.22. The molecule has 0 bridgehead atoms. The minimum absolute atomic E-state index is 0.345. The first-order chi connectivity index (χ1) is 23.3. The van der Waals surface area contributed by atoms with Gasteiger partial charge in [-0.1, -0.05) is 212 Å². The molecule has 0 spiro atoms. The van der Waals surface area contributed by atoms with Gasteiger partial charge in [0.15, 0.2) is 0 Å². The van der Waals surface area contributed by atoms with E-state index in [2.05, 4.69) is 13.8 Å². The predicted molar refractivity (Wildman–Crippen MR) is 206 cm³/mol. The van der Waals surface area contributed by atoms with E-state index in [0.717, 1.165) is 31.8 Å². The number of carbonyl (C=O) groups is 3. The summed E-state index contributed by atoms with van der Waals surface area (Å²) in [6.45, 7) is 6.37. The van der Waals surface area contributed by atoms with Crippen molar-refractivity contribution in [2.75, 3.05) is 0 Å². The Morgan fingerprint density at radius 3 is 0.792 bits per heavy atom. The molecule has 0 atom stereocenters. The second-order valence-corrected chi connectivity index (χ2v) is 13.4. The predicted octanol–water partition coefficient (Wildman–Crippen LogP) is 13.9. The van der Waals surface area contributed by atoms with Crippen molar-refractivity contribution in [1.29, 1.82) is 0 Å². The monoisotopic (exact) mass is 681 g/mol. The van der Waals surface area contributed by atoms with Crippen molar-refractivity contribution >= 4 is 17.9 Å². The van der Waals surface area contributed by atoms with Crippen molar-refractivity contribution in [2.24, 2.45) is 0 Å². The van der Waals surface area contributed by atoms with E-state index in [9.17, 15) is 14.4 Å². The fraction of sp³-hybridized carbons (Fsp3) is 0.833. The summed E-state index contributed by atoms with van der Waals surface area (Å²) >= 11 is 0. The lowest BCUT2D eigenvalue weighted by molar-refractivity contribution is -0.138. The molecule has 6 heteroatoms. The lowest BCUT2D eigenvalue weighted by Gasteiger charge is -2.03. The second kappa shape index (κ2) is 47.0. The molecule has 0 amide bonds. The zero-order valence-electron chi connectivity index (χ0n) is 32.0. The molecular formula is C42H80O6. The number of hydrogen-bond donors (Lipinski definition) is 3. The van der Waals surface area contributed by atoms with Crippen LogP contribution in [0.5, 0.6) is 0 Å². The summed E-state index contributed by atoms with van der Waals surface area (Å²) in [5.41, 5.74) is 0. The topological polar surface area (TPSA) is 112 Å². The molecule has 0 unspecified atom stereocenters. The van der Waals surface area contributed by atoms with Crippen LogP contribution in [0.3, 0.4) is 0 Å². The lowest BCUT2D eigenvalue weighted by Crippen LogP contribution is -1.93. The summed E-state index contributed by atoms with van der Waals surface area (Å²) in [6.07, 6.45) is 46.4. The molecule has 0 heterocycles. The number of rotatable bonds is 34. The number of hydrogen-bond acceptors (Lipinski definition) is 3. The fourth-order valence-corrected chi connectivity index (χ4v) is 5.54. The van der Waals surface area contributed by atoms with Crippen LogP contribution in [-0.2, 0) is 14.4 Å². The van der Waals surface area contributed by atoms with Crippen molar-refractivity contribution in [2.45, 2.75) is 226 Å². The first kappa shape index (κ1) is 50.3. The summed E-state index contributed by atoms with van der Waals surface area (Å²) in [7, 11) is 0. The molecule has 0 rings (SSSR count). The van der Waals surface area contributed by atoms with E-state index in [1.807, 2.05) is 6.92 Å². The normalized spacial score (nSPS) is 10.9. The van der Waals surface area contributed by atoms with Crippen molar-refractivity contribution in [3.05, 3.63) is 24.3 Å². The Morgan fingerprint density at radius 1 is 0.375 bits per heavy atom. The van der Waals surface area contributed by atoms with Crippen LogP contribution >= 0.6 is 0 Å². The number of carboxylic acid groups (broad SMARTS) is 3. The van der Waals surface area contributed by atoms with Gasteiger partial charge in [-0.2, -0.15) is 0 Å². The van der Waals surface area contributed by atoms with Gasteiger partial charge in [-0.3, -0.25) is 9.59 Å². The van der Waals surface area contributed by atoms with Gasteiger partial charge in [0.25, 0.3) is 0 Å². The van der Waals surface area contributed by atoms with E-state index in [-0.39, 0.29) is 0 Å². The van der Waals surface area contributed by atoms with Crippen LogP contribution in [0.4, 0.5) is 0 Å². The van der Waals surface area contributed by atoms with Crippen LogP contribution in [0.1, 0.15) is 226 Å².